The highest BCUT2D eigenvalue weighted by atomic mass is 15.0. The van der Waals surface area contributed by atoms with E-state index in [0.717, 1.165) is 18.9 Å². The number of rotatable bonds is 3. The quantitative estimate of drug-likeness (QED) is 0.761. The molecule has 3 nitrogen and oxygen atoms in total. The molecule has 1 aliphatic heterocycles. The summed E-state index contributed by atoms with van der Waals surface area (Å²) in [6, 6.07) is 4.74. The summed E-state index contributed by atoms with van der Waals surface area (Å²) in [6.07, 6.45) is 4.47. The summed E-state index contributed by atoms with van der Waals surface area (Å²) in [5, 5.41) is 6.79. The van der Waals surface area contributed by atoms with E-state index in [-0.39, 0.29) is 0 Å². The minimum atomic E-state index is 0.623. The molecule has 0 unspecified atom stereocenters. The zero-order valence-corrected chi connectivity index (χ0v) is 8.59. The van der Waals surface area contributed by atoms with E-state index in [2.05, 4.69) is 28.6 Å². The van der Waals surface area contributed by atoms with Gasteiger partial charge < -0.3 is 10.6 Å². The fourth-order valence-electron chi connectivity index (χ4n) is 1.73. The minimum absolute atomic E-state index is 0.623. The minimum Gasteiger partial charge on any atom is -0.369 e. The first-order valence-electron chi connectivity index (χ1n) is 5.24. The molecular weight excluding hydrogens is 174 g/mol. The van der Waals surface area contributed by atoms with E-state index < -0.39 is 0 Å². The maximum absolute atomic E-state index is 4.30. The molecule has 0 radical (unpaired) electrons. The molecule has 0 amide bonds. The van der Waals surface area contributed by atoms with Crippen LogP contribution in [-0.4, -0.2) is 24.1 Å². The summed E-state index contributed by atoms with van der Waals surface area (Å²) >= 11 is 0. The number of nitrogens with zero attached hydrogens (tertiary/aromatic N) is 1. The topological polar surface area (TPSA) is 37.0 Å². The Balaban J connectivity index is 1.82. The molecule has 2 rings (SSSR count). The van der Waals surface area contributed by atoms with Gasteiger partial charge in [0, 0.05) is 18.8 Å². The van der Waals surface area contributed by atoms with Gasteiger partial charge in [-0.2, -0.15) is 0 Å². The molecule has 0 spiro atoms. The second-order valence-corrected chi connectivity index (χ2v) is 3.89. The Labute approximate surface area is 84.9 Å². The van der Waals surface area contributed by atoms with Crippen LogP contribution in [0.3, 0.4) is 0 Å². The van der Waals surface area contributed by atoms with Crippen molar-refractivity contribution in [2.24, 2.45) is 0 Å². The van der Waals surface area contributed by atoms with Crippen LogP contribution < -0.4 is 10.6 Å². The van der Waals surface area contributed by atoms with Gasteiger partial charge in [-0.25, -0.2) is 4.98 Å². The molecule has 1 saturated heterocycles. The Morgan fingerprint density at radius 2 is 2.50 bits per heavy atom. The maximum atomic E-state index is 4.30. The van der Waals surface area contributed by atoms with Crippen LogP contribution in [0.15, 0.2) is 18.3 Å². The number of hydrogen-bond donors (Lipinski definition) is 2. The van der Waals surface area contributed by atoms with Gasteiger partial charge in [0.2, 0.25) is 0 Å². The first-order chi connectivity index (χ1) is 6.84. The van der Waals surface area contributed by atoms with Crippen LogP contribution in [0.1, 0.15) is 18.4 Å². The number of pyridine rings is 1. The van der Waals surface area contributed by atoms with Crippen LogP contribution in [0.5, 0.6) is 0 Å². The van der Waals surface area contributed by atoms with Gasteiger partial charge in [-0.1, -0.05) is 6.07 Å². The summed E-state index contributed by atoms with van der Waals surface area (Å²) in [7, 11) is 0. The highest BCUT2D eigenvalue weighted by Gasteiger charge is 2.12. The number of hydrogen-bond acceptors (Lipinski definition) is 3. The van der Waals surface area contributed by atoms with Crippen molar-refractivity contribution in [2.45, 2.75) is 25.8 Å². The van der Waals surface area contributed by atoms with Crippen LogP contribution in [-0.2, 0) is 0 Å². The van der Waals surface area contributed by atoms with E-state index in [9.17, 15) is 0 Å². The van der Waals surface area contributed by atoms with Crippen molar-refractivity contribution in [3.05, 3.63) is 23.9 Å². The second kappa shape index (κ2) is 4.42. The molecule has 2 heterocycles. The Hall–Kier alpha value is -1.09. The van der Waals surface area contributed by atoms with E-state index in [1.54, 1.807) is 0 Å². The van der Waals surface area contributed by atoms with Gasteiger partial charge in [0.05, 0.1) is 0 Å². The molecule has 1 atom stereocenters. The van der Waals surface area contributed by atoms with Gasteiger partial charge in [0.1, 0.15) is 5.82 Å². The van der Waals surface area contributed by atoms with Gasteiger partial charge >= 0.3 is 0 Å². The number of aryl methyl sites for hydroxylation is 1. The summed E-state index contributed by atoms with van der Waals surface area (Å²) in [6.45, 7) is 4.19. The highest BCUT2D eigenvalue weighted by molar-refractivity contribution is 5.35. The number of aromatic nitrogens is 1. The van der Waals surface area contributed by atoms with Crippen LogP contribution >= 0.6 is 0 Å². The standard InChI is InChI=1S/C11H17N3/c1-9-4-5-11(13-7-9)14-8-10-3-2-6-12-10/h4-5,7,10,12H,2-3,6,8H2,1H3,(H,13,14)/t10-/m1/s1. The Kier molecular flexibility index (Phi) is 2.99. The van der Waals surface area contributed by atoms with Gasteiger partial charge in [-0.3, -0.25) is 0 Å². The van der Waals surface area contributed by atoms with Crippen molar-refractivity contribution in [3.8, 4) is 0 Å². The van der Waals surface area contributed by atoms with Gasteiger partial charge in [0.25, 0.3) is 0 Å². The van der Waals surface area contributed by atoms with Crippen molar-refractivity contribution in [3.63, 3.8) is 0 Å². The third kappa shape index (κ3) is 2.45. The average molecular weight is 191 g/mol. The molecule has 76 valence electrons. The lowest BCUT2D eigenvalue weighted by molar-refractivity contribution is 0.632. The van der Waals surface area contributed by atoms with E-state index in [0.29, 0.717) is 6.04 Å². The third-order valence-electron chi connectivity index (χ3n) is 2.60. The first-order valence-corrected chi connectivity index (χ1v) is 5.24. The molecule has 0 saturated carbocycles. The van der Waals surface area contributed by atoms with Crippen molar-refractivity contribution in [2.75, 3.05) is 18.4 Å². The normalized spacial score (nSPS) is 21.1. The molecule has 14 heavy (non-hydrogen) atoms. The van der Waals surface area contributed by atoms with Crippen molar-refractivity contribution >= 4 is 5.82 Å². The zero-order valence-electron chi connectivity index (χ0n) is 8.59. The molecule has 2 N–H and O–H groups in total. The molecule has 1 aromatic rings. The summed E-state index contributed by atoms with van der Waals surface area (Å²) in [5.41, 5.74) is 1.20. The Bertz CT molecular complexity index is 275. The lowest BCUT2D eigenvalue weighted by Crippen LogP contribution is -2.29. The predicted octanol–water partition coefficient (Wildman–Crippen LogP) is 1.55. The second-order valence-electron chi connectivity index (χ2n) is 3.89. The fourth-order valence-corrected chi connectivity index (χ4v) is 1.73. The molecule has 1 fully saturated rings. The first kappa shape index (κ1) is 9.46. The smallest absolute Gasteiger partial charge is 0.125 e. The molecule has 3 heteroatoms. The van der Waals surface area contributed by atoms with Gasteiger partial charge in [-0.05, 0) is 37.9 Å². The molecule has 1 aliphatic rings. The van der Waals surface area contributed by atoms with Crippen LogP contribution in [0.25, 0.3) is 0 Å². The molecule has 0 aromatic carbocycles. The summed E-state index contributed by atoms with van der Waals surface area (Å²) in [4.78, 5) is 4.30. The largest absolute Gasteiger partial charge is 0.369 e. The van der Waals surface area contributed by atoms with E-state index >= 15 is 0 Å². The summed E-state index contributed by atoms with van der Waals surface area (Å²) < 4.78 is 0. The third-order valence-corrected chi connectivity index (χ3v) is 2.60. The SMILES string of the molecule is Cc1ccc(NC[C@H]2CCCN2)nc1. The van der Waals surface area contributed by atoms with Crippen LogP contribution in [0.2, 0.25) is 0 Å². The number of nitrogens with one attached hydrogen (secondary N) is 2. The fraction of sp³-hybridized carbons (Fsp3) is 0.545. The monoisotopic (exact) mass is 191 g/mol. The molecule has 1 aromatic heterocycles. The molecule has 0 aliphatic carbocycles. The van der Waals surface area contributed by atoms with Crippen molar-refractivity contribution in [1.82, 2.24) is 10.3 Å². The Morgan fingerprint density at radius 3 is 3.14 bits per heavy atom. The Morgan fingerprint density at radius 1 is 1.57 bits per heavy atom. The highest BCUT2D eigenvalue weighted by Crippen LogP contribution is 2.07. The van der Waals surface area contributed by atoms with E-state index in [1.807, 2.05) is 12.3 Å². The lowest BCUT2D eigenvalue weighted by atomic mass is 10.2. The van der Waals surface area contributed by atoms with Crippen molar-refractivity contribution < 1.29 is 0 Å². The predicted molar refractivity (Wildman–Crippen MR) is 58.5 cm³/mol. The number of anilines is 1. The summed E-state index contributed by atoms with van der Waals surface area (Å²) in [5.74, 6) is 0.976. The van der Waals surface area contributed by atoms with Gasteiger partial charge in [-0.15, -0.1) is 0 Å². The van der Waals surface area contributed by atoms with Crippen molar-refractivity contribution in [1.29, 1.82) is 0 Å². The van der Waals surface area contributed by atoms with E-state index in [4.69, 9.17) is 0 Å². The lowest BCUT2D eigenvalue weighted by Gasteiger charge is -2.11. The van der Waals surface area contributed by atoms with Crippen LogP contribution in [0, 0.1) is 6.92 Å². The van der Waals surface area contributed by atoms with Crippen LogP contribution in [0.4, 0.5) is 5.82 Å². The zero-order chi connectivity index (χ0) is 9.80. The molecular formula is C11H17N3. The molecule has 0 bridgehead atoms. The van der Waals surface area contributed by atoms with E-state index in [1.165, 1.54) is 18.4 Å². The average Bonchev–Trinajstić information content (AvgIpc) is 2.70. The maximum Gasteiger partial charge on any atom is 0.125 e. The van der Waals surface area contributed by atoms with Gasteiger partial charge in [0.15, 0.2) is 0 Å².